The Labute approximate surface area is 123 Å². The Morgan fingerprint density at radius 2 is 1.76 bits per heavy atom. The summed E-state index contributed by atoms with van der Waals surface area (Å²) in [7, 11) is 0. The van der Waals surface area contributed by atoms with Crippen LogP contribution in [0.5, 0.6) is 5.75 Å². The van der Waals surface area contributed by atoms with E-state index in [0.717, 1.165) is 16.5 Å². The molecule has 3 rings (SSSR count). The molecule has 1 saturated heterocycles. The largest absolute Gasteiger partial charge is 0.483 e. The van der Waals surface area contributed by atoms with Crippen molar-refractivity contribution in [3.05, 3.63) is 42.5 Å². The molecule has 0 spiro atoms. The molecule has 21 heavy (non-hydrogen) atoms. The summed E-state index contributed by atoms with van der Waals surface area (Å²) in [4.78, 5) is 25.0. The van der Waals surface area contributed by atoms with Gasteiger partial charge in [-0.05, 0) is 11.5 Å². The molecule has 1 amide bonds. The zero-order valence-electron chi connectivity index (χ0n) is 11.7. The molecule has 2 aromatic rings. The van der Waals surface area contributed by atoms with Crippen molar-refractivity contribution in [3.63, 3.8) is 0 Å². The first kappa shape index (κ1) is 13.6. The van der Waals surface area contributed by atoms with Gasteiger partial charge in [0.25, 0.3) is 5.91 Å². The van der Waals surface area contributed by atoms with Crippen LogP contribution in [-0.2, 0) is 9.59 Å². The van der Waals surface area contributed by atoms with E-state index in [9.17, 15) is 9.59 Å². The first-order valence-electron chi connectivity index (χ1n) is 7.14. The van der Waals surface area contributed by atoms with E-state index in [0.29, 0.717) is 25.9 Å². The number of likely N-dealkylation sites (tertiary alicyclic amines) is 1. The van der Waals surface area contributed by atoms with Crippen molar-refractivity contribution in [2.45, 2.75) is 12.8 Å². The highest BCUT2D eigenvalue weighted by Crippen LogP contribution is 2.25. The molecule has 0 atom stereocenters. The summed E-state index contributed by atoms with van der Waals surface area (Å²) in [6.07, 6.45) is 0.917. The zero-order chi connectivity index (χ0) is 14.7. The second-order valence-electron chi connectivity index (χ2n) is 5.19. The van der Waals surface area contributed by atoms with E-state index < -0.39 is 0 Å². The molecule has 4 nitrogen and oxygen atoms in total. The highest BCUT2D eigenvalue weighted by molar-refractivity contribution is 5.89. The number of piperidine rings is 1. The topological polar surface area (TPSA) is 46.6 Å². The SMILES string of the molecule is O=C1CCN(C(=O)COc2cccc3ccccc23)CC1. The minimum atomic E-state index is -0.0598. The average molecular weight is 283 g/mol. The highest BCUT2D eigenvalue weighted by Gasteiger charge is 2.21. The summed E-state index contributed by atoms with van der Waals surface area (Å²) in [5.41, 5.74) is 0. The van der Waals surface area contributed by atoms with E-state index in [2.05, 4.69) is 0 Å². The molecule has 0 radical (unpaired) electrons. The number of amides is 1. The first-order valence-corrected chi connectivity index (χ1v) is 7.14. The zero-order valence-corrected chi connectivity index (χ0v) is 11.7. The normalized spacial score (nSPS) is 15.2. The number of benzene rings is 2. The maximum atomic E-state index is 12.1. The third-order valence-electron chi connectivity index (χ3n) is 3.77. The number of Topliss-reactive ketones (excluding diaryl/α,β-unsaturated/α-hetero) is 1. The van der Waals surface area contributed by atoms with Crippen LogP contribution in [0.2, 0.25) is 0 Å². The van der Waals surface area contributed by atoms with Gasteiger partial charge in [0, 0.05) is 31.3 Å². The second-order valence-corrected chi connectivity index (χ2v) is 5.19. The molecule has 1 aliphatic heterocycles. The number of ether oxygens (including phenoxy) is 1. The molecule has 1 aliphatic rings. The molecule has 0 saturated carbocycles. The number of carbonyl (C=O) groups is 2. The fourth-order valence-electron chi connectivity index (χ4n) is 2.56. The molecule has 1 fully saturated rings. The average Bonchev–Trinajstić information content (AvgIpc) is 2.53. The quantitative estimate of drug-likeness (QED) is 0.869. The molecule has 4 heteroatoms. The van der Waals surface area contributed by atoms with Crippen molar-refractivity contribution >= 4 is 22.5 Å². The van der Waals surface area contributed by atoms with Crippen LogP contribution in [0.1, 0.15) is 12.8 Å². The lowest BCUT2D eigenvalue weighted by Gasteiger charge is -2.26. The van der Waals surface area contributed by atoms with Crippen molar-refractivity contribution in [3.8, 4) is 5.75 Å². The third-order valence-corrected chi connectivity index (χ3v) is 3.77. The third kappa shape index (κ3) is 3.05. The number of rotatable bonds is 3. The second kappa shape index (κ2) is 5.95. The van der Waals surface area contributed by atoms with Gasteiger partial charge in [0.1, 0.15) is 11.5 Å². The van der Waals surface area contributed by atoms with Crippen molar-refractivity contribution < 1.29 is 14.3 Å². The van der Waals surface area contributed by atoms with E-state index in [1.807, 2.05) is 42.5 Å². The van der Waals surface area contributed by atoms with Crippen LogP contribution in [-0.4, -0.2) is 36.3 Å². The van der Waals surface area contributed by atoms with Crippen LogP contribution in [0.3, 0.4) is 0 Å². The maximum absolute atomic E-state index is 12.1. The molecule has 1 heterocycles. The van der Waals surface area contributed by atoms with Gasteiger partial charge in [0.05, 0.1) is 0 Å². The molecule has 108 valence electrons. The number of fused-ring (bicyclic) bond motifs is 1. The Balaban J connectivity index is 1.66. The van der Waals surface area contributed by atoms with Crippen molar-refractivity contribution in [1.29, 1.82) is 0 Å². The summed E-state index contributed by atoms with van der Waals surface area (Å²) in [6.45, 7) is 1.04. The Hall–Kier alpha value is -2.36. The van der Waals surface area contributed by atoms with Crippen molar-refractivity contribution in [2.75, 3.05) is 19.7 Å². The Morgan fingerprint density at radius 1 is 1.05 bits per heavy atom. The summed E-state index contributed by atoms with van der Waals surface area (Å²) in [5, 5.41) is 2.09. The van der Waals surface area contributed by atoms with Crippen LogP contribution in [0, 0.1) is 0 Å². The minimum absolute atomic E-state index is 0.0161. The van der Waals surface area contributed by atoms with Crippen molar-refractivity contribution in [2.24, 2.45) is 0 Å². The Bertz CT molecular complexity index is 665. The molecule has 0 N–H and O–H groups in total. The monoisotopic (exact) mass is 283 g/mol. The smallest absolute Gasteiger partial charge is 0.260 e. The summed E-state index contributed by atoms with van der Waals surface area (Å²) in [6, 6.07) is 13.7. The van der Waals surface area contributed by atoms with E-state index >= 15 is 0 Å². The van der Waals surface area contributed by atoms with Crippen LogP contribution in [0.4, 0.5) is 0 Å². The van der Waals surface area contributed by atoms with Gasteiger partial charge >= 0.3 is 0 Å². The van der Waals surface area contributed by atoms with Gasteiger partial charge in [-0.15, -0.1) is 0 Å². The van der Waals surface area contributed by atoms with Gasteiger partial charge in [-0.25, -0.2) is 0 Å². The number of hydrogen-bond donors (Lipinski definition) is 0. The van der Waals surface area contributed by atoms with Gasteiger partial charge in [-0.1, -0.05) is 36.4 Å². The Morgan fingerprint density at radius 3 is 2.57 bits per heavy atom. The van der Waals surface area contributed by atoms with Gasteiger partial charge in [0.15, 0.2) is 6.61 Å². The lowest BCUT2D eigenvalue weighted by atomic mass is 10.1. The molecular formula is C17H17NO3. The van der Waals surface area contributed by atoms with Crippen molar-refractivity contribution in [1.82, 2.24) is 4.90 Å². The van der Waals surface area contributed by atoms with Crippen LogP contribution in [0.15, 0.2) is 42.5 Å². The summed E-state index contributed by atoms with van der Waals surface area (Å²) < 4.78 is 5.68. The molecule has 0 aromatic heterocycles. The lowest BCUT2D eigenvalue weighted by molar-refractivity contribution is -0.136. The fourth-order valence-corrected chi connectivity index (χ4v) is 2.56. The molecule has 0 aliphatic carbocycles. The lowest BCUT2D eigenvalue weighted by Crippen LogP contribution is -2.41. The molecular weight excluding hydrogens is 266 g/mol. The first-order chi connectivity index (χ1) is 10.2. The van der Waals surface area contributed by atoms with Crippen LogP contribution >= 0.6 is 0 Å². The predicted molar refractivity (Wildman–Crippen MR) is 80.3 cm³/mol. The van der Waals surface area contributed by atoms with Crippen LogP contribution < -0.4 is 4.74 Å². The fraction of sp³-hybridized carbons (Fsp3) is 0.294. The van der Waals surface area contributed by atoms with Gasteiger partial charge in [0.2, 0.25) is 0 Å². The highest BCUT2D eigenvalue weighted by atomic mass is 16.5. The molecule has 0 unspecified atom stereocenters. The van der Waals surface area contributed by atoms with Gasteiger partial charge in [-0.3, -0.25) is 9.59 Å². The number of ketones is 1. The predicted octanol–water partition coefficient (Wildman–Crippen LogP) is 2.41. The van der Waals surface area contributed by atoms with E-state index in [1.165, 1.54) is 0 Å². The number of nitrogens with zero attached hydrogens (tertiary/aromatic N) is 1. The molecule has 2 aromatic carbocycles. The van der Waals surface area contributed by atoms with E-state index in [1.54, 1.807) is 4.90 Å². The summed E-state index contributed by atoms with van der Waals surface area (Å²) in [5.74, 6) is 0.888. The van der Waals surface area contributed by atoms with E-state index in [-0.39, 0.29) is 18.3 Å². The minimum Gasteiger partial charge on any atom is -0.483 e. The maximum Gasteiger partial charge on any atom is 0.260 e. The van der Waals surface area contributed by atoms with Gasteiger partial charge < -0.3 is 9.64 Å². The van der Waals surface area contributed by atoms with E-state index in [4.69, 9.17) is 4.74 Å². The standard InChI is InChI=1S/C17H17NO3/c19-14-8-10-18(11-9-14)17(20)12-21-16-7-3-5-13-4-1-2-6-15(13)16/h1-7H,8-12H2. The Kier molecular flexibility index (Phi) is 3.86. The van der Waals surface area contributed by atoms with Crippen LogP contribution in [0.25, 0.3) is 10.8 Å². The number of carbonyl (C=O) groups excluding carboxylic acids is 2. The van der Waals surface area contributed by atoms with Gasteiger partial charge in [-0.2, -0.15) is 0 Å². The summed E-state index contributed by atoms with van der Waals surface area (Å²) >= 11 is 0. The molecule has 0 bridgehead atoms. The number of hydrogen-bond acceptors (Lipinski definition) is 3.